The standard InChI is InChI=1S/C18H21N3/c1-12(19)17-18(15-10-6-7-11-16(15)21-17)20-13(2)14-8-4-3-5-9-14/h3-5,8-9,21H,1,6-7,10-11,19H2,2H3. The average Bonchev–Trinajstić information content (AvgIpc) is 2.87. The van der Waals surface area contributed by atoms with Gasteiger partial charge in [-0.25, -0.2) is 0 Å². The number of H-pyrrole nitrogens is 1. The van der Waals surface area contributed by atoms with Crippen LogP contribution in [0.3, 0.4) is 0 Å². The normalized spacial score (nSPS) is 14.8. The third-order valence-corrected chi connectivity index (χ3v) is 4.06. The van der Waals surface area contributed by atoms with Gasteiger partial charge in [0.15, 0.2) is 0 Å². The van der Waals surface area contributed by atoms with Crippen molar-refractivity contribution in [2.45, 2.75) is 32.6 Å². The zero-order valence-electron chi connectivity index (χ0n) is 12.4. The first kappa shape index (κ1) is 13.7. The lowest BCUT2D eigenvalue weighted by atomic mass is 9.96. The van der Waals surface area contributed by atoms with Gasteiger partial charge in [-0.3, -0.25) is 4.99 Å². The number of aliphatic imine (C=N–C) groups is 1. The zero-order chi connectivity index (χ0) is 14.8. The van der Waals surface area contributed by atoms with Crippen LogP contribution in [-0.2, 0) is 12.8 Å². The topological polar surface area (TPSA) is 54.2 Å². The first-order chi connectivity index (χ1) is 10.2. The van der Waals surface area contributed by atoms with Crippen LogP contribution in [0.5, 0.6) is 0 Å². The van der Waals surface area contributed by atoms with Gasteiger partial charge >= 0.3 is 0 Å². The maximum absolute atomic E-state index is 5.95. The second-order valence-electron chi connectivity index (χ2n) is 5.60. The van der Waals surface area contributed by atoms with E-state index in [0.29, 0.717) is 5.70 Å². The highest BCUT2D eigenvalue weighted by atomic mass is 14.9. The van der Waals surface area contributed by atoms with Crippen molar-refractivity contribution in [1.82, 2.24) is 4.98 Å². The van der Waals surface area contributed by atoms with Gasteiger partial charge in [0.1, 0.15) is 0 Å². The van der Waals surface area contributed by atoms with E-state index in [9.17, 15) is 0 Å². The summed E-state index contributed by atoms with van der Waals surface area (Å²) in [5, 5.41) is 0. The van der Waals surface area contributed by atoms with E-state index in [0.717, 1.165) is 35.5 Å². The molecular formula is C18H21N3. The van der Waals surface area contributed by atoms with E-state index in [1.54, 1.807) is 0 Å². The molecule has 2 aromatic rings. The summed E-state index contributed by atoms with van der Waals surface area (Å²) in [5.41, 5.74) is 13.1. The number of aromatic nitrogens is 1. The third kappa shape index (κ3) is 2.64. The minimum Gasteiger partial charge on any atom is -0.397 e. The number of nitrogens with zero attached hydrogens (tertiary/aromatic N) is 1. The van der Waals surface area contributed by atoms with Gasteiger partial charge in [0.05, 0.1) is 17.1 Å². The average molecular weight is 279 g/mol. The second kappa shape index (κ2) is 5.60. The van der Waals surface area contributed by atoms with Crippen molar-refractivity contribution in [3.63, 3.8) is 0 Å². The maximum Gasteiger partial charge on any atom is 0.0938 e. The van der Waals surface area contributed by atoms with Crippen LogP contribution in [0.2, 0.25) is 0 Å². The first-order valence-electron chi connectivity index (χ1n) is 7.46. The van der Waals surface area contributed by atoms with Crippen molar-refractivity contribution >= 4 is 17.1 Å². The van der Waals surface area contributed by atoms with Crippen LogP contribution in [0.15, 0.2) is 41.9 Å². The summed E-state index contributed by atoms with van der Waals surface area (Å²) in [6, 6.07) is 10.2. The fourth-order valence-corrected chi connectivity index (χ4v) is 2.93. The summed E-state index contributed by atoms with van der Waals surface area (Å²) in [7, 11) is 0. The Kier molecular flexibility index (Phi) is 3.65. The minimum absolute atomic E-state index is 0.559. The summed E-state index contributed by atoms with van der Waals surface area (Å²) < 4.78 is 0. The molecule has 3 heteroatoms. The molecule has 0 saturated heterocycles. The summed E-state index contributed by atoms with van der Waals surface area (Å²) in [6.45, 7) is 5.93. The van der Waals surface area contributed by atoms with Crippen LogP contribution < -0.4 is 5.73 Å². The number of aromatic amines is 1. The zero-order valence-corrected chi connectivity index (χ0v) is 12.4. The number of nitrogens with two attached hydrogens (primary N) is 1. The Hall–Kier alpha value is -2.29. The SMILES string of the molecule is C=C(N)c1[nH]c2c(c1N=C(C)c1ccccc1)CCCC2. The lowest BCUT2D eigenvalue weighted by Crippen LogP contribution is -2.00. The lowest BCUT2D eigenvalue weighted by Gasteiger charge is -2.11. The molecule has 1 aromatic carbocycles. The predicted octanol–water partition coefficient (Wildman–Crippen LogP) is 3.96. The van der Waals surface area contributed by atoms with Crippen molar-refractivity contribution in [3.8, 4) is 0 Å². The van der Waals surface area contributed by atoms with Gasteiger partial charge in [-0.2, -0.15) is 0 Å². The number of rotatable bonds is 3. The maximum atomic E-state index is 5.95. The summed E-state index contributed by atoms with van der Waals surface area (Å²) >= 11 is 0. The molecule has 3 N–H and O–H groups in total. The van der Waals surface area contributed by atoms with Crippen LogP contribution in [0, 0.1) is 0 Å². The highest BCUT2D eigenvalue weighted by Gasteiger charge is 2.20. The number of benzene rings is 1. The van der Waals surface area contributed by atoms with E-state index in [4.69, 9.17) is 10.7 Å². The summed E-state index contributed by atoms with van der Waals surface area (Å²) in [5.74, 6) is 0. The highest BCUT2D eigenvalue weighted by Crippen LogP contribution is 2.35. The molecule has 0 amide bonds. The van der Waals surface area contributed by atoms with Crippen LogP contribution in [0.1, 0.15) is 42.3 Å². The summed E-state index contributed by atoms with van der Waals surface area (Å²) in [4.78, 5) is 8.30. The van der Waals surface area contributed by atoms with E-state index in [2.05, 4.69) is 23.7 Å². The molecule has 0 fully saturated rings. The molecule has 0 spiro atoms. The van der Waals surface area contributed by atoms with Crippen LogP contribution in [0.25, 0.3) is 5.70 Å². The van der Waals surface area contributed by atoms with E-state index < -0.39 is 0 Å². The highest BCUT2D eigenvalue weighted by molar-refractivity contribution is 6.01. The number of nitrogens with one attached hydrogen (secondary N) is 1. The molecule has 1 aromatic heterocycles. The fourth-order valence-electron chi connectivity index (χ4n) is 2.93. The molecule has 3 rings (SSSR count). The number of hydrogen-bond acceptors (Lipinski definition) is 2. The molecule has 0 bridgehead atoms. The van der Waals surface area contributed by atoms with E-state index in [-0.39, 0.29) is 0 Å². The van der Waals surface area contributed by atoms with Crippen LogP contribution in [-0.4, -0.2) is 10.7 Å². The molecular weight excluding hydrogens is 258 g/mol. The fraction of sp³-hybridized carbons (Fsp3) is 0.278. The molecule has 108 valence electrons. The lowest BCUT2D eigenvalue weighted by molar-refractivity contribution is 0.677. The Labute approximate surface area is 125 Å². The van der Waals surface area contributed by atoms with Gasteiger partial charge in [-0.05, 0) is 43.7 Å². The van der Waals surface area contributed by atoms with Crippen LogP contribution >= 0.6 is 0 Å². The first-order valence-corrected chi connectivity index (χ1v) is 7.46. The van der Waals surface area contributed by atoms with E-state index in [1.165, 1.54) is 24.1 Å². The molecule has 1 aliphatic carbocycles. The number of fused-ring (bicyclic) bond motifs is 1. The molecule has 1 heterocycles. The van der Waals surface area contributed by atoms with Crippen molar-refractivity contribution in [3.05, 3.63) is 59.4 Å². The van der Waals surface area contributed by atoms with Gasteiger partial charge in [0.2, 0.25) is 0 Å². The number of hydrogen-bond donors (Lipinski definition) is 2. The van der Waals surface area contributed by atoms with Crippen LogP contribution in [0.4, 0.5) is 5.69 Å². The Morgan fingerprint density at radius 3 is 2.62 bits per heavy atom. The molecule has 0 atom stereocenters. The predicted molar refractivity (Wildman–Crippen MR) is 89.0 cm³/mol. The largest absolute Gasteiger partial charge is 0.397 e. The quantitative estimate of drug-likeness (QED) is 0.821. The van der Waals surface area contributed by atoms with E-state index in [1.807, 2.05) is 25.1 Å². The monoisotopic (exact) mass is 279 g/mol. The number of aryl methyl sites for hydroxylation is 1. The minimum atomic E-state index is 0.559. The molecule has 1 aliphatic rings. The van der Waals surface area contributed by atoms with Gasteiger partial charge in [-0.1, -0.05) is 36.9 Å². The van der Waals surface area contributed by atoms with Gasteiger partial charge < -0.3 is 10.7 Å². The third-order valence-electron chi connectivity index (χ3n) is 4.06. The summed E-state index contributed by atoms with van der Waals surface area (Å²) in [6.07, 6.45) is 4.59. The smallest absolute Gasteiger partial charge is 0.0938 e. The molecule has 0 unspecified atom stereocenters. The molecule has 0 aliphatic heterocycles. The molecule has 21 heavy (non-hydrogen) atoms. The van der Waals surface area contributed by atoms with Crippen molar-refractivity contribution < 1.29 is 0 Å². The Bertz CT molecular complexity index is 693. The molecule has 0 saturated carbocycles. The van der Waals surface area contributed by atoms with Crippen molar-refractivity contribution in [2.75, 3.05) is 0 Å². The van der Waals surface area contributed by atoms with Gasteiger partial charge in [0.25, 0.3) is 0 Å². The Balaban J connectivity index is 2.09. The van der Waals surface area contributed by atoms with Crippen molar-refractivity contribution in [2.24, 2.45) is 10.7 Å². The molecule has 0 radical (unpaired) electrons. The Morgan fingerprint density at radius 1 is 1.19 bits per heavy atom. The Morgan fingerprint density at radius 2 is 1.90 bits per heavy atom. The molecule has 3 nitrogen and oxygen atoms in total. The van der Waals surface area contributed by atoms with E-state index >= 15 is 0 Å². The second-order valence-corrected chi connectivity index (χ2v) is 5.60. The van der Waals surface area contributed by atoms with Gasteiger partial charge in [-0.15, -0.1) is 0 Å². The van der Waals surface area contributed by atoms with Crippen molar-refractivity contribution in [1.29, 1.82) is 0 Å². The van der Waals surface area contributed by atoms with Gasteiger partial charge in [0, 0.05) is 11.4 Å².